The van der Waals surface area contributed by atoms with Crippen molar-refractivity contribution in [3.05, 3.63) is 60.4 Å². The molecule has 1 aromatic carbocycles. The molecule has 1 aliphatic carbocycles. The van der Waals surface area contributed by atoms with Crippen molar-refractivity contribution in [2.45, 2.75) is 24.9 Å². The first-order chi connectivity index (χ1) is 10.3. The third-order valence-corrected chi connectivity index (χ3v) is 4.43. The van der Waals surface area contributed by atoms with Crippen molar-refractivity contribution in [1.82, 2.24) is 9.88 Å². The number of nitrogens with zero attached hydrogens (tertiary/aromatic N) is 2. The number of halogens is 1. The van der Waals surface area contributed by atoms with Gasteiger partial charge in [0.25, 0.3) is 0 Å². The minimum atomic E-state index is 0.188. The van der Waals surface area contributed by atoms with E-state index in [-0.39, 0.29) is 5.54 Å². The molecule has 1 heterocycles. The molecule has 0 radical (unpaired) electrons. The molecule has 0 unspecified atom stereocenters. The van der Waals surface area contributed by atoms with Gasteiger partial charge in [0.05, 0.1) is 11.7 Å². The van der Waals surface area contributed by atoms with Crippen molar-refractivity contribution in [3.63, 3.8) is 0 Å². The first kappa shape index (κ1) is 14.4. The summed E-state index contributed by atoms with van der Waals surface area (Å²) in [4.78, 5) is 6.50. The smallest absolute Gasteiger partial charge is 0.0746 e. The average Bonchev–Trinajstić information content (AvgIpc) is 3.34. The van der Waals surface area contributed by atoms with Crippen LogP contribution in [0.1, 0.15) is 18.4 Å². The highest BCUT2D eigenvalue weighted by Crippen LogP contribution is 2.42. The molecule has 3 rings (SSSR count). The van der Waals surface area contributed by atoms with Crippen LogP contribution in [-0.2, 0) is 6.54 Å². The van der Waals surface area contributed by atoms with E-state index >= 15 is 0 Å². The third kappa shape index (κ3) is 3.55. The summed E-state index contributed by atoms with van der Waals surface area (Å²) < 4.78 is 0. The molecule has 0 bridgehead atoms. The Labute approximate surface area is 131 Å². The maximum atomic E-state index is 6.21. The first-order valence-corrected chi connectivity index (χ1v) is 7.85. The van der Waals surface area contributed by atoms with Crippen LogP contribution in [0.2, 0.25) is 0 Å². The van der Waals surface area contributed by atoms with Crippen LogP contribution in [0.4, 0.5) is 5.69 Å². The maximum absolute atomic E-state index is 6.21. The Balaban J connectivity index is 1.63. The van der Waals surface area contributed by atoms with E-state index in [1.807, 2.05) is 24.4 Å². The van der Waals surface area contributed by atoms with Gasteiger partial charge in [-0.25, -0.2) is 0 Å². The van der Waals surface area contributed by atoms with E-state index in [0.717, 1.165) is 18.8 Å². The van der Waals surface area contributed by atoms with Gasteiger partial charge in [-0.1, -0.05) is 30.3 Å². The van der Waals surface area contributed by atoms with Crippen molar-refractivity contribution >= 4 is 17.3 Å². The minimum Gasteiger partial charge on any atom is -0.382 e. The van der Waals surface area contributed by atoms with Gasteiger partial charge in [0.1, 0.15) is 0 Å². The molecule has 0 atom stereocenters. The lowest BCUT2D eigenvalue weighted by molar-refractivity contribution is 0.209. The summed E-state index contributed by atoms with van der Waals surface area (Å²) in [7, 11) is 0. The first-order valence-electron chi connectivity index (χ1n) is 7.31. The summed E-state index contributed by atoms with van der Waals surface area (Å²) in [5.41, 5.74) is 2.57. The highest BCUT2D eigenvalue weighted by molar-refractivity contribution is 6.17. The summed E-state index contributed by atoms with van der Waals surface area (Å²) in [5, 5.41) is 3.49. The van der Waals surface area contributed by atoms with E-state index in [9.17, 15) is 0 Å². The van der Waals surface area contributed by atoms with Gasteiger partial charge in [-0.3, -0.25) is 9.88 Å². The lowest BCUT2D eigenvalue weighted by Crippen LogP contribution is -2.41. The van der Waals surface area contributed by atoms with Gasteiger partial charge in [0.15, 0.2) is 0 Å². The number of anilines is 1. The van der Waals surface area contributed by atoms with Gasteiger partial charge in [-0.15, -0.1) is 11.6 Å². The Bertz CT molecular complexity index is 555. The molecule has 1 N–H and O–H groups in total. The predicted molar refractivity (Wildman–Crippen MR) is 87.4 cm³/mol. The van der Waals surface area contributed by atoms with E-state index in [1.165, 1.54) is 18.4 Å². The maximum Gasteiger partial charge on any atom is 0.0746 e. The average molecular weight is 302 g/mol. The summed E-state index contributed by atoms with van der Waals surface area (Å²) in [5.74, 6) is 0. The molecule has 1 fully saturated rings. The Hall–Kier alpha value is -1.58. The van der Waals surface area contributed by atoms with E-state index in [2.05, 4.69) is 39.5 Å². The fourth-order valence-electron chi connectivity index (χ4n) is 2.62. The number of hydrogen-bond donors (Lipinski definition) is 1. The molecular weight excluding hydrogens is 282 g/mol. The molecular formula is C17H20ClN3. The highest BCUT2D eigenvalue weighted by atomic mass is 35.5. The molecule has 1 saturated carbocycles. The van der Waals surface area contributed by atoms with E-state index in [0.29, 0.717) is 6.00 Å². The van der Waals surface area contributed by atoms with E-state index < -0.39 is 0 Å². The highest BCUT2D eigenvalue weighted by Gasteiger charge is 2.47. The van der Waals surface area contributed by atoms with E-state index in [4.69, 9.17) is 11.6 Å². The molecule has 0 saturated heterocycles. The topological polar surface area (TPSA) is 28.2 Å². The van der Waals surface area contributed by atoms with Crippen molar-refractivity contribution in [2.75, 3.05) is 17.9 Å². The largest absolute Gasteiger partial charge is 0.382 e. The SMILES string of the molecule is ClCN(Cc1ccccc1)C1(CNc2cccnc2)CC1. The molecule has 110 valence electrons. The number of rotatable bonds is 7. The Morgan fingerprint density at radius 3 is 2.57 bits per heavy atom. The standard InChI is InChI=1S/C17H20ClN3/c18-14-21(12-15-5-2-1-3-6-15)17(8-9-17)13-20-16-7-4-10-19-11-16/h1-7,10-11,20H,8-9,12-14H2. The molecule has 0 spiro atoms. The van der Waals surface area contributed by atoms with Crippen LogP contribution in [0.5, 0.6) is 0 Å². The van der Waals surface area contributed by atoms with Crippen molar-refractivity contribution in [2.24, 2.45) is 0 Å². The van der Waals surface area contributed by atoms with E-state index in [1.54, 1.807) is 6.20 Å². The van der Waals surface area contributed by atoms with Crippen LogP contribution in [0.3, 0.4) is 0 Å². The van der Waals surface area contributed by atoms with Gasteiger partial charge in [0, 0.05) is 31.0 Å². The molecule has 0 aliphatic heterocycles. The molecule has 1 aromatic heterocycles. The lowest BCUT2D eigenvalue weighted by Gasteiger charge is -2.30. The second-order valence-electron chi connectivity index (χ2n) is 5.62. The summed E-state index contributed by atoms with van der Waals surface area (Å²) in [6.07, 6.45) is 6.04. The number of aromatic nitrogens is 1. The second-order valence-corrected chi connectivity index (χ2v) is 5.86. The zero-order valence-corrected chi connectivity index (χ0v) is 12.8. The zero-order valence-electron chi connectivity index (χ0n) is 12.0. The van der Waals surface area contributed by atoms with Crippen molar-refractivity contribution in [3.8, 4) is 0 Å². The number of alkyl halides is 1. The van der Waals surface area contributed by atoms with Crippen LogP contribution < -0.4 is 5.32 Å². The normalized spacial score (nSPS) is 15.9. The zero-order chi connectivity index (χ0) is 14.5. The summed E-state index contributed by atoms with van der Waals surface area (Å²) >= 11 is 6.21. The Kier molecular flexibility index (Phi) is 4.42. The van der Waals surface area contributed by atoms with Gasteiger partial charge in [-0.05, 0) is 30.5 Å². The number of benzene rings is 1. The van der Waals surface area contributed by atoms with Crippen molar-refractivity contribution < 1.29 is 0 Å². The van der Waals surface area contributed by atoms with Gasteiger partial charge >= 0.3 is 0 Å². The number of hydrogen-bond acceptors (Lipinski definition) is 3. The van der Waals surface area contributed by atoms with Crippen LogP contribution in [0.15, 0.2) is 54.9 Å². The van der Waals surface area contributed by atoms with Crippen LogP contribution in [0.25, 0.3) is 0 Å². The van der Waals surface area contributed by atoms with Crippen LogP contribution in [-0.4, -0.2) is 28.0 Å². The molecule has 2 aromatic rings. The molecule has 4 heteroatoms. The Morgan fingerprint density at radius 1 is 1.14 bits per heavy atom. The summed E-state index contributed by atoms with van der Waals surface area (Å²) in [6.45, 7) is 1.82. The Morgan fingerprint density at radius 2 is 1.95 bits per heavy atom. The van der Waals surface area contributed by atoms with Crippen LogP contribution >= 0.6 is 11.6 Å². The van der Waals surface area contributed by atoms with Crippen molar-refractivity contribution in [1.29, 1.82) is 0 Å². The predicted octanol–water partition coefficient (Wildman–Crippen LogP) is 3.72. The van der Waals surface area contributed by atoms with Gasteiger partial charge < -0.3 is 5.32 Å². The fraction of sp³-hybridized carbons (Fsp3) is 0.353. The monoisotopic (exact) mass is 301 g/mol. The molecule has 3 nitrogen and oxygen atoms in total. The number of pyridine rings is 1. The summed E-state index contributed by atoms with van der Waals surface area (Å²) in [6, 6.07) is 15.1. The fourth-order valence-corrected chi connectivity index (χ4v) is 2.96. The molecule has 0 amide bonds. The third-order valence-electron chi connectivity index (χ3n) is 4.14. The quantitative estimate of drug-likeness (QED) is 0.624. The van der Waals surface area contributed by atoms with Crippen LogP contribution in [0, 0.1) is 0 Å². The number of nitrogens with one attached hydrogen (secondary N) is 1. The molecule has 21 heavy (non-hydrogen) atoms. The second kappa shape index (κ2) is 6.46. The lowest BCUT2D eigenvalue weighted by atomic mass is 10.1. The van der Waals surface area contributed by atoms with Gasteiger partial charge in [-0.2, -0.15) is 0 Å². The molecule has 1 aliphatic rings. The van der Waals surface area contributed by atoms with Gasteiger partial charge in [0.2, 0.25) is 0 Å². The minimum absolute atomic E-state index is 0.188.